The minimum atomic E-state index is -0.561. The Labute approximate surface area is 174 Å². The molecule has 30 heavy (non-hydrogen) atoms. The van der Waals surface area contributed by atoms with Crippen LogP contribution in [0.2, 0.25) is 5.02 Å². The Kier molecular flexibility index (Phi) is 5.11. The fourth-order valence-corrected chi connectivity index (χ4v) is 3.19. The number of hydrogen-bond acceptors (Lipinski definition) is 6. The van der Waals surface area contributed by atoms with Crippen molar-refractivity contribution < 1.29 is 5.11 Å². The number of hydrazone groups is 1. The van der Waals surface area contributed by atoms with Crippen molar-refractivity contribution in [2.24, 2.45) is 12.1 Å². The quantitative estimate of drug-likeness (QED) is 0.335. The molecule has 3 N–H and O–H groups in total. The number of anilines is 1. The molecule has 2 aromatic carbocycles. The minimum absolute atomic E-state index is 0.154. The third kappa shape index (κ3) is 3.70. The lowest BCUT2D eigenvalue weighted by atomic mass is 10.2. The van der Waals surface area contributed by atoms with Crippen molar-refractivity contribution in [2.75, 3.05) is 5.43 Å². The maximum atomic E-state index is 12.5. The van der Waals surface area contributed by atoms with Gasteiger partial charge < -0.3 is 5.11 Å². The van der Waals surface area contributed by atoms with E-state index in [1.165, 1.54) is 11.6 Å². The number of fused-ring (bicyclic) bond motifs is 1. The van der Waals surface area contributed by atoms with Gasteiger partial charge in [0.15, 0.2) is 11.2 Å². The predicted octanol–water partition coefficient (Wildman–Crippen LogP) is 2.28. The lowest BCUT2D eigenvalue weighted by Crippen LogP contribution is -2.29. The lowest BCUT2D eigenvalue weighted by Gasteiger charge is -2.09. The number of benzene rings is 2. The zero-order valence-electron chi connectivity index (χ0n) is 15.8. The number of rotatable bonds is 5. The highest BCUT2D eigenvalue weighted by atomic mass is 35.5. The highest BCUT2D eigenvalue weighted by Gasteiger charge is 2.18. The summed E-state index contributed by atoms with van der Waals surface area (Å²) in [6.45, 7) is 0.245. The van der Waals surface area contributed by atoms with Crippen LogP contribution in [-0.2, 0) is 13.6 Å². The SMILES string of the molecule is Cn1c(=O)[nH]c(=O)c2c1nc(N/N=C\c1ccc(O)cc1)n2Cc1ccccc1Cl. The van der Waals surface area contributed by atoms with Gasteiger partial charge in [-0.25, -0.2) is 10.2 Å². The van der Waals surface area contributed by atoms with Crippen molar-refractivity contribution in [1.82, 2.24) is 19.1 Å². The molecule has 0 saturated carbocycles. The van der Waals surface area contributed by atoms with Crippen LogP contribution in [0.5, 0.6) is 5.75 Å². The second-order valence-corrected chi connectivity index (χ2v) is 6.97. The highest BCUT2D eigenvalue weighted by Crippen LogP contribution is 2.22. The summed E-state index contributed by atoms with van der Waals surface area (Å²) in [5.74, 6) is 0.424. The van der Waals surface area contributed by atoms with E-state index >= 15 is 0 Å². The normalized spacial score (nSPS) is 11.4. The second-order valence-electron chi connectivity index (χ2n) is 6.57. The fourth-order valence-electron chi connectivity index (χ4n) is 3.00. The molecule has 0 bridgehead atoms. The van der Waals surface area contributed by atoms with Gasteiger partial charge in [0.05, 0.1) is 12.8 Å². The Morgan fingerprint density at radius 1 is 1.20 bits per heavy atom. The summed E-state index contributed by atoms with van der Waals surface area (Å²) in [6.07, 6.45) is 1.54. The Bertz CT molecular complexity index is 1370. The van der Waals surface area contributed by atoms with Gasteiger partial charge in [-0.15, -0.1) is 0 Å². The number of H-pyrrole nitrogens is 1. The maximum Gasteiger partial charge on any atom is 0.329 e. The molecule has 2 aromatic heterocycles. The topological polar surface area (TPSA) is 117 Å². The molecule has 0 atom stereocenters. The number of imidazole rings is 1. The number of hydrogen-bond donors (Lipinski definition) is 3. The van der Waals surface area contributed by atoms with E-state index in [9.17, 15) is 14.7 Å². The first kappa shape index (κ1) is 19.5. The van der Waals surface area contributed by atoms with Crippen LogP contribution in [-0.4, -0.2) is 30.4 Å². The van der Waals surface area contributed by atoms with Crippen LogP contribution in [0.25, 0.3) is 11.2 Å². The van der Waals surface area contributed by atoms with E-state index < -0.39 is 11.2 Å². The molecule has 0 aliphatic heterocycles. The number of phenolic OH excluding ortho intramolecular Hbond substituents is 1. The number of nitrogens with one attached hydrogen (secondary N) is 2. The third-order valence-corrected chi connectivity index (χ3v) is 4.93. The van der Waals surface area contributed by atoms with Gasteiger partial charge in [-0.3, -0.25) is 18.9 Å². The summed E-state index contributed by atoms with van der Waals surface area (Å²) in [5.41, 5.74) is 3.68. The molecule has 0 radical (unpaired) electrons. The van der Waals surface area contributed by atoms with Gasteiger partial charge >= 0.3 is 5.69 Å². The summed E-state index contributed by atoms with van der Waals surface area (Å²) in [5, 5.41) is 14.1. The Hall–Kier alpha value is -3.85. The largest absolute Gasteiger partial charge is 0.508 e. The van der Waals surface area contributed by atoms with Crippen molar-refractivity contribution in [1.29, 1.82) is 0 Å². The summed E-state index contributed by atoms with van der Waals surface area (Å²) in [4.78, 5) is 31.2. The second kappa shape index (κ2) is 7.88. The van der Waals surface area contributed by atoms with E-state index in [0.29, 0.717) is 5.02 Å². The van der Waals surface area contributed by atoms with E-state index in [-0.39, 0.29) is 29.4 Å². The summed E-state index contributed by atoms with van der Waals surface area (Å²) in [7, 11) is 1.52. The monoisotopic (exact) mass is 424 g/mol. The van der Waals surface area contributed by atoms with Crippen molar-refractivity contribution in [3.8, 4) is 5.75 Å². The standard InChI is InChI=1S/C20H17ClN6O3/c1-26-17-16(18(29)24-20(26)30)27(11-13-4-2-3-5-15(13)21)19(23-17)25-22-10-12-6-8-14(28)9-7-12/h2-10,28H,11H2,1H3,(H,23,25)(H,24,29,30)/b22-10-. The molecule has 152 valence electrons. The van der Waals surface area contributed by atoms with Gasteiger partial charge in [0.25, 0.3) is 5.56 Å². The van der Waals surface area contributed by atoms with Crippen LogP contribution in [0.1, 0.15) is 11.1 Å². The third-order valence-electron chi connectivity index (χ3n) is 4.56. The molecule has 0 aliphatic rings. The molecule has 10 heteroatoms. The van der Waals surface area contributed by atoms with E-state index in [1.54, 1.807) is 41.1 Å². The number of nitrogens with zero attached hydrogens (tertiary/aromatic N) is 4. The van der Waals surface area contributed by atoms with Crippen molar-refractivity contribution in [3.05, 3.63) is 85.5 Å². The average molecular weight is 425 g/mol. The van der Waals surface area contributed by atoms with Gasteiger partial charge in [0, 0.05) is 12.1 Å². The van der Waals surface area contributed by atoms with Crippen LogP contribution in [0.15, 0.2) is 63.2 Å². The molecule has 0 aliphatic carbocycles. The zero-order valence-corrected chi connectivity index (χ0v) is 16.6. The molecule has 4 rings (SSSR count). The van der Waals surface area contributed by atoms with Gasteiger partial charge in [-0.1, -0.05) is 29.8 Å². The van der Waals surface area contributed by atoms with Crippen LogP contribution in [0.3, 0.4) is 0 Å². The van der Waals surface area contributed by atoms with Crippen LogP contribution in [0, 0.1) is 0 Å². The molecule has 0 spiro atoms. The van der Waals surface area contributed by atoms with Crippen LogP contribution in [0.4, 0.5) is 5.95 Å². The van der Waals surface area contributed by atoms with Crippen molar-refractivity contribution in [3.63, 3.8) is 0 Å². The van der Waals surface area contributed by atoms with Crippen LogP contribution < -0.4 is 16.7 Å². The van der Waals surface area contributed by atoms with Crippen LogP contribution >= 0.6 is 11.6 Å². The first-order valence-electron chi connectivity index (χ1n) is 8.95. The first-order valence-corrected chi connectivity index (χ1v) is 9.33. The van der Waals surface area contributed by atoms with E-state index in [2.05, 4.69) is 20.5 Å². The molecule has 4 aromatic rings. The van der Waals surface area contributed by atoms with E-state index in [1.807, 2.05) is 18.2 Å². The summed E-state index contributed by atoms with van der Waals surface area (Å²) < 4.78 is 2.87. The first-order chi connectivity index (χ1) is 14.4. The number of aryl methyl sites for hydroxylation is 1. The zero-order chi connectivity index (χ0) is 21.3. The smallest absolute Gasteiger partial charge is 0.329 e. The van der Waals surface area contributed by atoms with E-state index in [4.69, 9.17) is 11.6 Å². The maximum absolute atomic E-state index is 12.5. The van der Waals surface area contributed by atoms with Gasteiger partial charge in [0.2, 0.25) is 5.95 Å². The highest BCUT2D eigenvalue weighted by molar-refractivity contribution is 6.31. The number of aromatic amines is 1. The molecule has 2 heterocycles. The summed E-state index contributed by atoms with van der Waals surface area (Å²) >= 11 is 6.29. The van der Waals surface area contributed by atoms with Gasteiger partial charge in [-0.2, -0.15) is 10.1 Å². The lowest BCUT2D eigenvalue weighted by molar-refractivity contribution is 0.475. The number of halogens is 1. The predicted molar refractivity (Wildman–Crippen MR) is 115 cm³/mol. The molecule has 9 nitrogen and oxygen atoms in total. The van der Waals surface area contributed by atoms with Crippen molar-refractivity contribution >= 4 is 34.9 Å². The molecular formula is C20H17ClN6O3. The Morgan fingerprint density at radius 3 is 2.67 bits per heavy atom. The number of aromatic nitrogens is 4. The molecule has 0 amide bonds. The van der Waals surface area contributed by atoms with Gasteiger partial charge in [-0.05, 0) is 41.5 Å². The number of aromatic hydroxyl groups is 1. The minimum Gasteiger partial charge on any atom is -0.508 e. The average Bonchev–Trinajstić information content (AvgIpc) is 3.08. The van der Waals surface area contributed by atoms with Crippen molar-refractivity contribution in [2.45, 2.75) is 6.54 Å². The molecule has 0 unspecified atom stereocenters. The molecule has 0 saturated heterocycles. The Balaban J connectivity index is 1.79. The molecular weight excluding hydrogens is 408 g/mol. The fraction of sp³-hybridized carbons (Fsp3) is 0.100. The Morgan fingerprint density at radius 2 is 1.93 bits per heavy atom. The molecule has 0 fully saturated rings. The van der Waals surface area contributed by atoms with Gasteiger partial charge in [0.1, 0.15) is 5.75 Å². The number of phenols is 1. The summed E-state index contributed by atoms with van der Waals surface area (Å²) in [6, 6.07) is 13.7. The van der Waals surface area contributed by atoms with E-state index in [0.717, 1.165) is 11.1 Å².